The molecule has 1 aromatic heterocycles. The van der Waals surface area contributed by atoms with E-state index in [1.165, 1.54) is 23.3 Å². The number of benzene rings is 1. The van der Waals surface area contributed by atoms with Crippen LogP contribution in [0.5, 0.6) is 0 Å². The zero-order chi connectivity index (χ0) is 13.9. The molecular weight excluding hydrogens is 268 g/mol. The van der Waals surface area contributed by atoms with E-state index in [2.05, 4.69) is 10.6 Å². The Morgan fingerprint density at radius 1 is 1.15 bits per heavy atom. The van der Waals surface area contributed by atoms with Crippen LogP contribution in [0.15, 0.2) is 30.3 Å². The summed E-state index contributed by atoms with van der Waals surface area (Å²) in [6.45, 7) is 0. The molecular formula is C16H18N2OS. The molecule has 104 valence electrons. The van der Waals surface area contributed by atoms with Crippen molar-refractivity contribution in [1.82, 2.24) is 0 Å². The van der Waals surface area contributed by atoms with Gasteiger partial charge in [0.05, 0.1) is 5.56 Å². The minimum absolute atomic E-state index is 0.0000463. The minimum atomic E-state index is -0.0000463. The van der Waals surface area contributed by atoms with Crippen LogP contribution in [0.25, 0.3) is 0 Å². The van der Waals surface area contributed by atoms with Gasteiger partial charge < -0.3 is 10.6 Å². The van der Waals surface area contributed by atoms with E-state index >= 15 is 0 Å². The molecule has 0 unspecified atom stereocenters. The Morgan fingerprint density at radius 3 is 2.65 bits per heavy atom. The molecule has 0 aliphatic heterocycles. The first kappa shape index (κ1) is 13.2. The lowest BCUT2D eigenvalue weighted by atomic mass is 9.95. The summed E-state index contributed by atoms with van der Waals surface area (Å²) in [5.74, 6) is -0.0000463. The summed E-state index contributed by atoms with van der Waals surface area (Å²) in [5, 5.41) is 7.17. The SMILES string of the molecule is CNc1sc2c(c1C(=O)Nc1ccccc1)CCCC2. The molecule has 20 heavy (non-hydrogen) atoms. The van der Waals surface area contributed by atoms with Gasteiger partial charge in [0, 0.05) is 17.6 Å². The molecule has 4 heteroatoms. The van der Waals surface area contributed by atoms with Crippen molar-refractivity contribution in [1.29, 1.82) is 0 Å². The van der Waals surface area contributed by atoms with Gasteiger partial charge in [0.1, 0.15) is 5.00 Å². The zero-order valence-electron chi connectivity index (χ0n) is 11.5. The van der Waals surface area contributed by atoms with Crippen LogP contribution in [0.2, 0.25) is 0 Å². The van der Waals surface area contributed by atoms with E-state index in [-0.39, 0.29) is 5.91 Å². The Morgan fingerprint density at radius 2 is 1.90 bits per heavy atom. The Labute approximate surface area is 123 Å². The number of hydrogen-bond donors (Lipinski definition) is 2. The van der Waals surface area contributed by atoms with Gasteiger partial charge in [-0.25, -0.2) is 0 Å². The first-order chi connectivity index (χ1) is 9.79. The van der Waals surface area contributed by atoms with Gasteiger partial charge in [0.2, 0.25) is 0 Å². The molecule has 1 aliphatic rings. The average molecular weight is 286 g/mol. The molecule has 0 fully saturated rings. The second-order valence-electron chi connectivity index (χ2n) is 4.99. The van der Waals surface area contributed by atoms with Crippen molar-refractivity contribution in [3.8, 4) is 0 Å². The van der Waals surface area contributed by atoms with Crippen molar-refractivity contribution in [2.75, 3.05) is 17.7 Å². The summed E-state index contributed by atoms with van der Waals surface area (Å²) in [5.41, 5.74) is 2.94. The van der Waals surface area contributed by atoms with E-state index in [9.17, 15) is 4.79 Å². The summed E-state index contributed by atoms with van der Waals surface area (Å²) in [6.07, 6.45) is 4.53. The molecule has 2 N–H and O–H groups in total. The van der Waals surface area contributed by atoms with E-state index in [4.69, 9.17) is 0 Å². The molecule has 0 spiro atoms. The number of anilines is 2. The predicted molar refractivity (Wildman–Crippen MR) is 84.9 cm³/mol. The molecule has 2 aromatic rings. The molecule has 0 saturated heterocycles. The van der Waals surface area contributed by atoms with Gasteiger partial charge in [-0.1, -0.05) is 18.2 Å². The first-order valence-corrected chi connectivity index (χ1v) is 7.80. The normalized spacial score (nSPS) is 13.7. The van der Waals surface area contributed by atoms with Gasteiger partial charge in [0.15, 0.2) is 0 Å². The van der Waals surface area contributed by atoms with Crippen molar-refractivity contribution in [3.05, 3.63) is 46.3 Å². The molecule has 3 rings (SSSR count). The third kappa shape index (κ3) is 2.43. The fourth-order valence-electron chi connectivity index (χ4n) is 2.70. The number of rotatable bonds is 3. The summed E-state index contributed by atoms with van der Waals surface area (Å²) in [6, 6.07) is 9.63. The van der Waals surface area contributed by atoms with Gasteiger partial charge in [-0.05, 0) is 43.4 Å². The van der Waals surface area contributed by atoms with Gasteiger partial charge in [0.25, 0.3) is 5.91 Å². The number of para-hydroxylation sites is 1. The molecule has 0 bridgehead atoms. The molecule has 0 atom stereocenters. The number of amides is 1. The van der Waals surface area contributed by atoms with Crippen molar-refractivity contribution in [2.45, 2.75) is 25.7 Å². The topological polar surface area (TPSA) is 41.1 Å². The molecule has 1 aliphatic carbocycles. The Hall–Kier alpha value is -1.81. The molecule has 1 aromatic carbocycles. The van der Waals surface area contributed by atoms with Crippen molar-refractivity contribution >= 4 is 27.9 Å². The fourth-order valence-corrected chi connectivity index (χ4v) is 3.94. The molecule has 1 heterocycles. The Bertz CT molecular complexity index is 619. The van der Waals surface area contributed by atoms with Crippen LogP contribution in [0.1, 0.15) is 33.6 Å². The van der Waals surface area contributed by atoms with Crippen LogP contribution in [0.4, 0.5) is 10.7 Å². The largest absolute Gasteiger partial charge is 0.379 e. The van der Waals surface area contributed by atoms with Crippen molar-refractivity contribution in [2.24, 2.45) is 0 Å². The summed E-state index contributed by atoms with van der Waals surface area (Å²) in [4.78, 5) is 14.0. The number of aryl methyl sites for hydroxylation is 1. The standard InChI is InChI=1S/C16H18N2OS/c1-17-16-14(12-9-5-6-10-13(12)20-16)15(19)18-11-7-3-2-4-8-11/h2-4,7-8,17H,5-6,9-10H2,1H3,(H,18,19). The van der Waals surface area contributed by atoms with Gasteiger partial charge in [-0.3, -0.25) is 4.79 Å². The highest BCUT2D eigenvalue weighted by Crippen LogP contribution is 2.38. The Kier molecular flexibility index (Phi) is 3.74. The van der Waals surface area contributed by atoms with Gasteiger partial charge in [-0.2, -0.15) is 0 Å². The first-order valence-electron chi connectivity index (χ1n) is 6.98. The average Bonchev–Trinajstić information content (AvgIpc) is 2.86. The molecule has 1 amide bonds. The highest BCUT2D eigenvalue weighted by atomic mass is 32.1. The van der Waals surface area contributed by atoms with Crippen LogP contribution < -0.4 is 10.6 Å². The highest BCUT2D eigenvalue weighted by molar-refractivity contribution is 7.16. The molecule has 0 radical (unpaired) electrons. The Balaban J connectivity index is 1.92. The third-order valence-corrected chi connectivity index (χ3v) is 4.97. The van der Waals surface area contributed by atoms with E-state index in [0.29, 0.717) is 0 Å². The van der Waals surface area contributed by atoms with Crippen molar-refractivity contribution in [3.63, 3.8) is 0 Å². The van der Waals surface area contributed by atoms with E-state index in [0.717, 1.165) is 29.1 Å². The molecule has 0 saturated carbocycles. The predicted octanol–water partition coefficient (Wildman–Crippen LogP) is 3.92. The number of hydrogen-bond acceptors (Lipinski definition) is 3. The maximum atomic E-state index is 12.6. The second kappa shape index (κ2) is 5.67. The maximum Gasteiger partial charge on any atom is 0.258 e. The summed E-state index contributed by atoms with van der Waals surface area (Å²) < 4.78 is 0. The maximum absolute atomic E-state index is 12.6. The third-order valence-electron chi connectivity index (χ3n) is 3.66. The van der Waals surface area contributed by atoms with Crippen LogP contribution in [-0.2, 0) is 12.8 Å². The lowest BCUT2D eigenvalue weighted by molar-refractivity contribution is 0.102. The summed E-state index contributed by atoms with van der Waals surface area (Å²) >= 11 is 1.73. The number of nitrogens with one attached hydrogen (secondary N) is 2. The zero-order valence-corrected chi connectivity index (χ0v) is 12.3. The molecule has 3 nitrogen and oxygen atoms in total. The van der Waals surface area contributed by atoms with Crippen molar-refractivity contribution < 1.29 is 4.79 Å². The summed E-state index contributed by atoms with van der Waals surface area (Å²) in [7, 11) is 1.89. The lowest BCUT2D eigenvalue weighted by Crippen LogP contribution is -2.15. The minimum Gasteiger partial charge on any atom is -0.379 e. The van der Waals surface area contributed by atoms with E-state index < -0.39 is 0 Å². The van der Waals surface area contributed by atoms with Crippen LogP contribution in [0.3, 0.4) is 0 Å². The monoisotopic (exact) mass is 286 g/mol. The fraction of sp³-hybridized carbons (Fsp3) is 0.312. The van der Waals surface area contributed by atoms with Gasteiger partial charge in [-0.15, -0.1) is 11.3 Å². The van der Waals surface area contributed by atoms with Crippen LogP contribution >= 0.6 is 11.3 Å². The van der Waals surface area contributed by atoms with Gasteiger partial charge >= 0.3 is 0 Å². The highest BCUT2D eigenvalue weighted by Gasteiger charge is 2.24. The quantitative estimate of drug-likeness (QED) is 0.898. The second-order valence-corrected chi connectivity index (χ2v) is 6.09. The van der Waals surface area contributed by atoms with E-state index in [1.807, 2.05) is 37.4 Å². The number of fused-ring (bicyclic) bond motifs is 1. The van der Waals surface area contributed by atoms with E-state index in [1.54, 1.807) is 11.3 Å². The lowest BCUT2D eigenvalue weighted by Gasteiger charge is -2.13. The van der Waals surface area contributed by atoms with Crippen LogP contribution in [0, 0.1) is 0 Å². The number of carbonyl (C=O) groups excluding carboxylic acids is 1. The van der Waals surface area contributed by atoms with Crippen LogP contribution in [-0.4, -0.2) is 13.0 Å². The smallest absolute Gasteiger partial charge is 0.258 e. The number of carbonyl (C=O) groups is 1. The number of thiophene rings is 1.